The summed E-state index contributed by atoms with van der Waals surface area (Å²) in [5, 5.41) is 11.4. The second kappa shape index (κ2) is 5.16. The molecule has 0 unspecified atom stereocenters. The largest absolute Gasteiger partial charge is 0.481 e. The van der Waals surface area contributed by atoms with Crippen LogP contribution in [0.1, 0.15) is 12.0 Å². The summed E-state index contributed by atoms with van der Waals surface area (Å²) in [6, 6.07) is 6.19. The molecule has 1 amide bonds. The number of hydrogen-bond donors (Lipinski definition) is 2. The maximum absolute atomic E-state index is 12.9. The minimum Gasteiger partial charge on any atom is -0.481 e. The summed E-state index contributed by atoms with van der Waals surface area (Å²) in [4.78, 5) is 22.1. The maximum Gasteiger partial charge on any atom is 0.307 e. The summed E-state index contributed by atoms with van der Waals surface area (Å²) in [5.74, 6) is -2.36. The quantitative estimate of drug-likeness (QED) is 0.826. The summed E-state index contributed by atoms with van der Waals surface area (Å²) in [6.07, 6.45) is 0.953. The van der Waals surface area contributed by atoms with Crippen LogP contribution in [0.3, 0.4) is 0 Å². The van der Waals surface area contributed by atoms with Crippen molar-refractivity contribution in [3.05, 3.63) is 35.6 Å². The van der Waals surface area contributed by atoms with Crippen LogP contribution >= 0.6 is 0 Å². The molecule has 0 heterocycles. The van der Waals surface area contributed by atoms with E-state index in [4.69, 9.17) is 5.11 Å². The van der Waals surface area contributed by atoms with Crippen molar-refractivity contribution in [1.29, 1.82) is 0 Å². The summed E-state index contributed by atoms with van der Waals surface area (Å²) >= 11 is 0. The molecule has 5 heteroatoms. The minimum absolute atomic E-state index is 0.223. The van der Waals surface area contributed by atoms with Crippen LogP contribution in [0.5, 0.6) is 0 Å². The van der Waals surface area contributed by atoms with Gasteiger partial charge in [0.05, 0.1) is 11.8 Å². The van der Waals surface area contributed by atoms with Gasteiger partial charge in [-0.25, -0.2) is 4.39 Å². The molecule has 1 aliphatic rings. The Balaban J connectivity index is 1.73. The summed E-state index contributed by atoms with van der Waals surface area (Å²) in [7, 11) is 0. The Morgan fingerprint density at radius 2 is 2.17 bits per heavy atom. The van der Waals surface area contributed by atoms with Crippen molar-refractivity contribution in [2.24, 2.45) is 11.8 Å². The lowest BCUT2D eigenvalue weighted by Gasteiger charge is -2.04. The van der Waals surface area contributed by atoms with E-state index in [0.29, 0.717) is 19.4 Å². The van der Waals surface area contributed by atoms with Crippen LogP contribution in [0.15, 0.2) is 24.3 Å². The van der Waals surface area contributed by atoms with Crippen LogP contribution < -0.4 is 5.32 Å². The Hall–Kier alpha value is -1.91. The number of carboxylic acids is 1. The van der Waals surface area contributed by atoms with E-state index in [9.17, 15) is 14.0 Å². The fraction of sp³-hybridized carbons (Fsp3) is 0.385. The van der Waals surface area contributed by atoms with Gasteiger partial charge in [-0.3, -0.25) is 9.59 Å². The molecule has 2 N–H and O–H groups in total. The van der Waals surface area contributed by atoms with E-state index >= 15 is 0 Å². The van der Waals surface area contributed by atoms with Gasteiger partial charge in [0.2, 0.25) is 5.91 Å². The molecular formula is C13H14FNO3. The number of rotatable bonds is 5. The number of halogens is 1. The fourth-order valence-electron chi connectivity index (χ4n) is 1.91. The highest BCUT2D eigenvalue weighted by atomic mass is 19.1. The van der Waals surface area contributed by atoms with Gasteiger partial charge in [0.25, 0.3) is 0 Å². The van der Waals surface area contributed by atoms with Crippen LogP contribution in [0.4, 0.5) is 4.39 Å². The molecule has 0 radical (unpaired) electrons. The number of aliphatic carboxylic acids is 1. The second-order valence-electron chi connectivity index (χ2n) is 4.46. The third kappa shape index (κ3) is 3.06. The number of carbonyl (C=O) groups excluding carboxylic acids is 1. The first kappa shape index (κ1) is 12.5. The van der Waals surface area contributed by atoms with Crippen molar-refractivity contribution in [2.45, 2.75) is 12.8 Å². The summed E-state index contributed by atoms with van der Waals surface area (Å²) < 4.78 is 12.9. The second-order valence-corrected chi connectivity index (χ2v) is 4.46. The number of carboxylic acid groups (broad SMARTS) is 1. The van der Waals surface area contributed by atoms with E-state index in [0.717, 1.165) is 5.56 Å². The number of carbonyl (C=O) groups is 2. The van der Waals surface area contributed by atoms with Gasteiger partial charge in [-0.2, -0.15) is 0 Å². The molecular weight excluding hydrogens is 237 g/mol. The molecule has 1 aliphatic carbocycles. The van der Waals surface area contributed by atoms with Crippen LogP contribution in [0.2, 0.25) is 0 Å². The average Bonchev–Trinajstić information content (AvgIpc) is 3.09. The first-order valence-corrected chi connectivity index (χ1v) is 5.83. The van der Waals surface area contributed by atoms with E-state index in [1.54, 1.807) is 12.1 Å². The molecule has 0 aliphatic heterocycles. The Bertz CT molecular complexity index is 475. The normalized spacial score (nSPS) is 21.4. The Morgan fingerprint density at radius 1 is 1.39 bits per heavy atom. The van der Waals surface area contributed by atoms with E-state index in [-0.39, 0.29) is 11.7 Å². The maximum atomic E-state index is 12.9. The first-order chi connectivity index (χ1) is 8.58. The summed E-state index contributed by atoms with van der Waals surface area (Å²) in [6.45, 7) is 0.394. The van der Waals surface area contributed by atoms with Gasteiger partial charge in [0.15, 0.2) is 0 Å². The third-order valence-corrected chi connectivity index (χ3v) is 3.05. The van der Waals surface area contributed by atoms with E-state index in [2.05, 4.69) is 5.32 Å². The molecule has 1 aromatic carbocycles. The zero-order valence-corrected chi connectivity index (χ0v) is 9.73. The van der Waals surface area contributed by atoms with Crippen molar-refractivity contribution in [2.75, 3.05) is 6.54 Å². The monoisotopic (exact) mass is 251 g/mol. The molecule has 2 rings (SSSR count). The topological polar surface area (TPSA) is 66.4 Å². The smallest absolute Gasteiger partial charge is 0.307 e. The molecule has 4 nitrogen and oxygen atoms in total. The molecule has 1 aromatic rings. The standard InChI is InChI=1S/C13H14FNO3/c14-9-3-1-2-8(6-9)4-5-15-12(16)10-7-11(10)13(17)18/h1-3,6,10-11H,4-5,7H2,(H,15,16)(H,17,18)/t10-,11+/m0/s1. The van der Waals surface area contributed by atoms with Gasteiger partial charge >= 0.3 is 5.97 Å². The third-order valence-electron chi connectivity index (χ3n) is 3.05. The van der Waals surface area contributed by atoms with Crippen LogP contribution in [-0.2, 0) is 16.0 Å². The van der Waals surface area contributed by atoms with E-state index in [1.165, 1.54) is 12.1 Å². The zero-order valence-electron chi connectivity index (χ0n) is 9.73. The molecule has 0 bridgehead atoms. The summed E-state index contributed by atoms with van der Waals surface area (Å²) in [5.41, 5.74) is 0.806. The molecule has 1 fully saturated rings. The number of amides is 1. The van der Waals surface area contributed by atoms with Crippen molar-refractivity contribution in [1.82, 2.24) is 5.32 Å². The number of benzene rings is 1. The van der Waals surface area contributed by atoms with Crippen molar-refractivity contribution < 1.29 is 19.1 Å². The Kier molecular flexibility index (Phi) is 3.60. The average molecular weight is 251 g/mol. The van der Waals surface area contributed by atoms with Crippen molar-refractivity contribution in [3.8, 4) is 0 Å². The van der Waals surface area contributed by atoms with Gasteiger partial charge < -0.3 is 10.4 Å². The molecule has 96 valence electrons. The van der Waals surface area contributed by atoms with Gasteiger partial charge in [0.1, 0.15) is 5.82 Å². The Morgan fingerprint density at radius 3 is 2.78 bits per heavy atom. The van der Waals surface area contributed by atoms with Gasteiger partial charge in [-0.15, -0.1) is 0 Å². The van der Waals surface area contributed by atoms with Crippen LogP contribution in [-0.4, -0.2) is 23.5 Å². The number of hydrogen-bond acceptors (Lipinski definition) is 2. The molecule has 1 saturated carbocycles. The molecule has 0 spiro atoms. The Labute approximate surface area is 104 Å². The van der Waals surface area contributed by atoms with Crippen molar-refractivity contribution in [3.63, 3.8) is 0 Å². The lowest BCUT2D eigenvalue weighted by atomic mass is 10.1. The highest BCUT2D eigenvalue weighted by molar-refractivity contribution is 5.89. The van der Waals surface area contributed by atoms with Gasteiger partial charge in [-0.1, -0.05) is 12.1 Å². The van der Waals surface area contributed by atoms with Crippen molar-refractivity contribution >= 4 is 11.9 Å². The first-order valence-electron chi connectivity index (χ1n) is 5.83. The molecule has 18 heavy (non-hydrogen) atoms. The minimum atomic E-state index is -0.916. The van der Waals surface area contributed by atoms with E-state index < -0.39 is 17.8 Å². The molecule has 0 aromatic heterocycles. The molecule has 0 saturated heterocycles. The predicted molar refractivity (Wildman–Crippen MR) is 62.3 cm³/mol. The van der Waals surface area contributed by atoms with Crippen LogP contribution in [0, 0.1) is 17.7 Å². The van der Waals surface area contributed by atoms with Crippen LogP contribution in [0.25, 0.3) is 0 Å². The molecule has 2 atom stereocenters. The highest BCUT2D eigenvalue weighted by Crippen LogP contribution is 2.38. The lowest BCUT2D eigenvalue weighted by molar-refractivity contribution is -0.140. The zero-order chi connectivity index (χ0) is 13.1. The fourth-order valence-corrected chi connectivity index (χ4v) is 1.91. The highest BCUT2D eigenvalue weighted by Gasteiger charge is 2.48. The predicted octanol–water partition coefficient (Wildman–Crippen LogP) is 1.21. The van der Waals surface area contributed by atoms with Gasteiger partial charge in [-0.05, 0) is 30.5 Å². The SMILES string of the molecule is O=C(NCCc1cccc(F)c1)[C@H]1C[C@H]1C(=O)O. The van der Waals surface area contributed by atoms with Gasteiger partial charge in [0, 0.05) is 6.54 Å². The van der Waals surface area contributed by atoms with E-state index in [1.807, 2.05) is 0 Å². The lowest BCUT2D eigenvalue weighted by Crippen LogP contribution is -2.28. The number of nitrogens with one attached hydrogen (secondary N) is 1.